The molecule has 0 amide bonds. The second kappa shape index (κ2) is 11.2. The van der Waals surface area contributed by atoms with Crippen LogP contribution in [-0.4, -0.2) is 15.0 Å². The van der Waals surface area contributed by atoms with Gasteiger partial charge in [-0.25, -0.2) is 0 Å². The third-order valence-electron chi connectivity index (χ3n) is 4.28. The minimum atomic E-state index is 0.949. The molecule has 0 bridgehead atoms. The first-order valence-electron chi connectivity index (χ1n) is 9.55. The van der Waals surface area contributed by atoms with Crippen molar-refractivity contribution in [2.45, 2.75) is 31.9 Å². The van der Waals surface area contributed by atoms with E-state index >= 15 is 0 Å². The highest BCUT2D eigenvalue weighted by molar-refractivity contribution is 7.99. The maximum Gasteiger partial charge on any atom is 0.0278 e. The summed E-state index contributed by atoms with van der Waals surface area (Å²) in [5, 5.41) is 0. The molecule has 0 atom stereocenters. The first-order chi connectivity index (χ1) is 14.8. The maximum absolute atomic E-state index is 4.11. The lowest BCUT2D eigenvalue weighted by molar-refractivity contribution is 1.23. The van der Waals surface area contributed by atoms with E-state index < -0.39 is 0 Å². The summed E-state index contributed by atoms with van der Waals surface area (Å²) in [6, 6.07) is 19.4. The van der Waals surface area contributed by atoms with Crippen molar-refractivity contribution in [2.75, 3.05) is 0 Å². The summed E-state index contributed by atoms with van der Waals surface area (Å²) >= 11 is 5.55. The molecule has 30 heavy (non-hydrogen) atoms. The highest BCUT2D eigenvalue weighted by atomic mass is 32.2. The fourth-order valence-corrected chi connectivity index (χ4v) is 5.34. The number of pyridine rings is 3. The van der Waals surface area contributed by atoms with Gasteiger partial charge in [0, 0.05) is 69.1 Å². The van der Waals surface area contributed by atoms with Gasteiger partial charge >= 0.3 is 0 Å². The van der Waals surface area contributed by atoms with E-state index in [1.165, 1.54) is 31.4 Å². The fourth-order valence-electron chi connectivity index (χ4n) is 2.89. The molecule has 3 heterocycles. The van der Waals surface area contributed by atoms with Gasteiger partial charge < -0.3 is 0 Å². The SMILES string of the molecule is c1cc(SCc2cc(CSc3ccncc3)cc(CSc3ccncc3)c2)ccn1. The van der Waals surface area contributed by atoms with Gasteiger partial charge in [-0.15, -0.1) is 35.3 Å². The third kappa shape index (κ3) is 6.62. The first-order valence-corrected chi connectivity index (χ1v) is 12.5. The Morgan fingerprint density at radius 3 is 0.967 bits per heavy atom. The Morgan fingerprint density at radius 1 is 0.433 bits per heavy atom. The number of nitrogens with zero attached hydrogens (tertiary/aromatic N) is 3. The van der Waals surface area contributed by atoms with Crippen LogP contribution < -0.4 is 0 Å². The monoisotopic (exact) mass is 447 g/mol. The Balaban J connectivity index is 1.48. The third-order valence-corrected chi connectivity index (χ3v) is 7.53. The number of aromatic nitrogens is 3. The molecular formula is C24H21N3S3. The first kappa shape index (κ1) is 21.0. The van der Waals surface area contributed by atoms with E-state index in [9.17, 15) is 0 Å². The summed E-state index contributed by atoms with van der Waals surface area (Å²) in [6.07, 6.45) is 11.1. The van der Waals surface area contributed by atoms with Crippen molar-refractivity contribution in [1.29, 1.82) is 0 Å². The largest absolute Gasteiger partial charge is 0.265 e. The molecule has 0 aliphatic heterocycles. The number of hydrogen-bond acceptors (Lipinski definition) is 6. The van der Waals surface area contributed by atoms with Gasteiger partial charge in [-0.2, -0.15) is 0 Å². The number of hydrogen-bond donors (Lipinski definition) is 0. The van der Waals surface area contributed by atoms with Crippen LogP contribution in [0.4, 0.5) is 0 Å². The van der Waals surface area contributed by atoms with Gasteiger partial charge in [-0.05, 0) is 53.1 Å². The highest BCUT2D eigenvalue weighted by Gasteiger charge is 2.05. The van der Waals surface area contributed by atoms with E-state index in [4.69, 9.17) is 0 Å². The van der Waals surface area contributed by atoms with Gasteiger partial charge in [0.15, 0.2) is 0 Å². The molecule has 0 fully saturated rings. The highest BCUT2D eigenvalue weighted by Crippen LogP contribution is 2.29. The van der Waals surface area contributed by atoms with Crippen LogP contribution in [0.3, 0.4) is 0 Å². The van der Waals surface area contributed by atoms with E-state index in [0.717, 1.165) is 17.3 Å². The predicted octanol–water partition coefficient (Wildman–Crippen LogP) is 6.75. The van der Waals surface area contributed by atoms with Gasteiger partial charge in [0.05, 0.1) is 0 Å². The Hall–Kier alpha value is -2.28. The molecule has 0 saturated carbocycles. The zero-order valence-electron chi connectivity index (χ0n) is 16.3. The van der Waals surface area contributed by atoms with Crippen LogP contribution in [0.5, 0.6) is 0 Å². The van der Waals surface area contributed by atoms with Crippen LogP contribution in [-0.2, 0) is 17.3 Å². The standard InChI is InChI=1S/C24H21N3S3/c1-7-25-8-2-22(1)28-16-19-13-20(17-29-23-3-9-26-10-4-23)15-21(14-19)18-30-24-5-11-27-12-6-24/h1-15H,16-18H2. The number of benzene rings is 1. The molecule has 0 aliphatic carbocycles. The fraction of sp³-hybridized carbons (Fsp3) is 0.125. The van der Waals surface area contributed by atoms with Gasteiger partial charge in [0.2, 0.25) is 0 Å². The molecule has 0 unspecified atom stereocenters. The average Bonchev–Trinajstić information content (AvgIpc) is 2.82. The molecular weight excluding hydrogens is 426 g/mol. The van der Waals surface area contributed by atoms with Crippen LogP contribution in [0.1, 0.15) is 16.7 Å². The van der Waals surface area contributed by atoms with Crippen molar-refractivity contribution < 1.29 is 0 Å². The smallest absolute Gasteiger partial charge is 0.0278 e. The van der Waals surface area contributed by atoms with E-state index in [1.807, 2.05) is 72.5 Å². The Morgan fingerprint density at radius 2 is 0.700 bits per heavy atom. The Bertz CT molecular complexity index is 896. The van der Waals surface area contributed by atoms with Gasteiger partial charge in [0.1, 0.15) is 0 Å². The van der Waals surface area contributed by atoms with Gasteiger partial charge in [0.25, 0.3) is 0 Å². The van der Waals surface area contributed by atoms with Gasteiger partial charge in [-0.3, -0.25) is 15.0 Å². The Labute approximate surface area is 190 Å². The summed E-state index contributed by atoms with van der Waals surface area (Å²) in [5.41, 5.74) is 4.07. The van der Waals surface area contributed by atoms with Crippen molar-refractivity contribution >= 4 is 35.3 Å². The minimum Gasteiger partial charge on any atom is -0.265 e. The quantitative estimate of drug-likeness (QED) is 0.264. The molecule has 1 aromatic carbocycles. The molecule has 4 rings (SSSR count). The number of rotatable bonds is 9. The molecule has 6 heteroatoms. The zero-order chi connectivity index (χ0) is 20.4. The van der Waals surface area contributed by atoms with Crippen molar-refractivity contribution in [3.63, 3.8) is 0 Å². The normalized spacial score (nSPS) is 10.8. The minimum absolute atomic E-state index is 0.949. The Kier molecular flexibility index (Phi) is 7.83. The lowest BCUT2D eigenvalue weighted by atomic mass is 10.1. The molecule has 3 aromatic heterocycles. The van der Waals surface area contributed by atoms with E-state index in [-0.39, 0.29) is 0 Å². The second-order valence-electron chi connectivity index (χ2n) is 6.57. The van der Waals surface area contributed by atoms with Crippen molar-refractivity contribution in [1.82, 2.24) is 15.0 Å². The van der Waals surface area contributed by atoms with E-state index in [0.29, 0.717) is 0 Å². The van der Waals surface area contributed by atoms with Crippen molar-refractivity contribution in [2.24, 2.45) is 0 Å². The summed E-state index contributed by atoms with van der Waals surface area (Å²) in [7, 11) is 0. The van der Waals surface area contributed by atoms with Crippen molar-refractivity contribution in [3.8, 4) is 0 Å². The molecule has 0 saturated heterocycles. The molecule has 3 nitrogen and oxygen atoms in total. The van der Waals surface area contributed by atoms with Crippen LogP contribution >= 0.6 is 35.3 Å². The molecule has 0 spiro atoms. The summed E-state index contributed by atoms with van der Waals surface area (Å²) in [4.78, 5) is 16.1. The van der Waals surface area contributed by atoms with Crippen LogP contribution in [0.2, 0.25) is 0 Å². The zero-order valence-corrected chi connectivity index (χ0v) is 18.8. The second-order valence-corrected chi connectivity index (χ2v) is 9.72. The van der Waals surface area contributed by atoms with Crippen molar-refractivity contribution in [3.05, 3.63) is 108 Å². The molecule has 0 N–H and O–H groups in total. The average molecular weight is 448 g/mol. The van der Waals surface area contributed by atoms with E-state index in [2.05, 4.69) is 69.5 Å². The van der Waals surface area contributed by atoms with Crippen LogP contribution in [0.25, 0.3) is 0 Å². The molecule has 150 valence electrons. The summed E-state index contributed by atoms with van der Waals surface area (Å²) < 4.78 is 0. The molecule has 4 aromatic rings. The number of thioether (sulfide) groups is 3. The maximum atomic E-state index is 4.11. The lowest BCUT2D eigenvalue weighted by Crippen LogP contribution is -1.92. The lowest BCUT2D eigenvalue weighted by Gasteiger charge is -2.10. The summed E-state index contributed by atoms with van der Waals surface area (Å²) in [6.45, 7) is 0. The topological polar surface area (TPSA) is 38.7 Å². The predicted molar refractivity (Wildman–Crippen MR) is 128 cm³/mol. The summed E-state index contributed by atoms with van der Waals surface area (Å²) in [5.74, 6) is 2.85. The van der Waals surface area contributed by atoms with Crippen LogP contribution in [0, 0.1) is 0 Å². The molecule has 0 radical (unpaired) electrons. The molecule has 0 aliphatic rings. The van der Waals surface area contributed by atoms with Gasteiger partial charge in [-0.1, -0.05) is 18.2 Å². The van der Waals surface area contributed by atoms with Crippen LogP contribution in [0.15, 0.2) is 106 Å². The van der Waals surface area contributed by atoms with E-state index in [1.54, 1.807) is 0 Å².